The van der Waals surface area contributed by atoms with Gasteiger partial charge < -0.3 is 5.73 Å². The van der Waals surface area contributed by atoms with Crippen molar-refractivity contribution in [3.05, 3.63) is 34.9 Å². The predicted octanol–water partition coefficient (Wildman–Crippen LogP) is 2.62. The van der Waals surface area contributed by atoms with E-state index in [1.165, 1.54) is 6.42 Å². The van der Waals surface area contributed by atoms with Gasteiger partial charge in [0.25, 0.3) is 0 Å². The molecule has 1 saturated carbocycles. The zero-order chi connectivity index (χ0) is 13.0. The number of amides is 1. The second kappa shape index (κ2) is 5.72. The molecule has 0 bridgehead atoms. The van der Waals surface area contributed by atoms with Crippen molar-refractivity contribution in [2.24, 2.45) is 5.73 Å². The van der Waals surface area contributed by atoms with Crippen LogP contribution in [0.2, 0.25) is 5.02 Å². The first-order chi connectivity index (χ1) is 8.62. The monoisotopic (exact) mass is 266 g/mol. The molecule has 0 spiro atoms. The van der Waals surface area contributed by atoms with Gasteiger partial charge in [-0.1, -0.05) is 43.0 Å². The number of carbonyl (C=O) groups is 1. The number of nitrogens with one attached hydrogen (secondary N) is 1. The van der Waals surface area contributed by atoms with E-state index in [1.54, 1.807) is 0 Å². The van der Waals surface area contributed by atoms with E-state index < -0.39 is 5.54 Å². The molecule has 1 aromatic carbocycles. The first-order valence-electron chi connectivity index (χ1n) is 6.42. The molecule has 18 heavy (non-hydrogen) atoms. The molecular weight excluding hydrogens is 248 g/mol. The van der Waals surface area contributed by atoms with E-state index in [1.807, 2.05) is 24.3 Å². The van der Waals surface area contributed by atoms with Gasteiger partial charge in [-0.2, -0.15) is 0 Å². The fourth-order valence-electron chi connectivity index (χ4n) is 2.58. The van der Waals surface area contributed by atoms with Crippen LogP contribution in [0.5, 0.6) is 0 Å². The third-order valence-electron chi connectivity index (χ3n) is 3.70. The molecule has 0 aliphatic heterocycles. The maximum absolute atomic E-state index is 11.7. The number of rotatable bonds is 4. The van der Waals surface area contributed by atoms with Crippen LogP contribution in [0.1, 0.15) is 37.7 Å². The molecule has 1 fully saturated rings. The molecule has 0 radical (unpaired) electrons. The molecule has 0 saturated heterocycles. The third kappa shape index (κ3) is 3.03. The smallest absolute Gasteiger partial charge is 0.237 e. The lowest BCUT2D eigenvalue weighted by atomic mass is 9.81. The summed E-state index contributed by atoms with van der Waals surface area (Å²) in [4.78, 5) is 11.7. The average molecular weight is 267 g/mol. The molecule has 0 heterocycles. The molecule has 2 rings (SSSR count). The van der Waals surface area contributed by atoms with Crippen molar-refractivity contribution >= 4 is 17.5 Å². The van der Waals surface area contributed by atoms with Crippen LogP contribution in [-0.4, -0.2) is 11.4 Å². The molecule has 1 aliphatic rings. The quantitative estimate of drug-likeness (QED) is 0.880. The van der Waals surface area contributed by atoms with Gasteiger partial charge in [-0.15, -0.1) is 0 Å². The summed E-state index contributed by atoms with van der Waals surface area (Å²) in [5.74, 6) is -0.232. The number of nitrogens with two attached hydrogens (primary N) is 1. The summed E-state index contributed by atoms with van der Waals surface area (Å²) in [6.45, 7) is 0.628. The fraction of sp³-hybridized carbons (Fsp3) is 0.500. The lowest BCUT2D eigenvalue weighted by molar-refractivity contribution is -0.125. The average Bonchev–Trinajstić information content (AvgIpc) is 2.37. The highest BCUT2D eigenvalue weighted by atomic mass is 35.5. The maximum atomic E-state index is 11.7. The van der Waals surface area contributed by atoms with Crippen molar-refractivity contribution in [1.82, 2.24) is 5.32 Å². The lowest BCUT2D eigenvalue weighted by Gasteiger charge is -2.35. The van der Waals surface area contributed by atoms with E-state index in [4.69, 9.17) is 17.3 Å². The Morgan fingerprint density at radius 1 is 1.33 bits per heavy atom. The van der Waals surface area contributed by atoms with Crippen molar-refractivity contribution in [3.63, 3.8) is 0 Å². The highest BCUT2D eigenvalue weighted by molar-refractivity contribution is 6.30. The summed E-state index contributed by atoms with van der Waals surface area (Å²) in [5, 5.41) is 4.06. The van der Waals surface area contributed by atoms with Crippen LogP contribution in [0.4, 0.5) is 0 Å². The summed E-state index contributed by atoms with van der Waals surface area (Å²) >= 11 is 5.94. The van der Waals surface area contributed by atoms with Crippen LogP contribution < -0.4 is 11.1 Å². The molecular formula is C14H19ClN2O. The fourth-order valence-corrected chi connectivity index (χ4v) is 2.80. The Kier molecular flexibility index (Phi) is 4.25. The normalized spacial score (nSPS) is 18.5. The van der Waals surface area contributed by atoms with Crippen LogP contribution in [0, 0.1) is 0 Å². The maximum Gasteiger partial charge on any atom is 0.237 e. The van der Waals surface area contributed by atoms with E-state index in [2.05, 4.69) is 5.32 Å². The zero-order valence-electron chi connectivity index (χ0n) is 10.4. The minimum absolute atomic E-state index is 0.232. The van der Waals surface area contributed by atoms with E-state index >= 15 is 0 Å². The Bertz CT molecular complexity index is 428. The summed E-state index contributed by atoms with van der Waals surface area (Å²) in [6, 6.07) is 7.66. The first kappa shape index (κ1) is 13.4. The molecule has 1 amide bonds. The number of primary amides is 1. The van der Waals surface area contributed by atoms with Gasteiger partial charge in [0.1, 0.15) is 0 Å². The van der Waals surface area contributed by atoms with Gasteiger partial charge in [-0.25, -0.2) is 0 Å². The number of carbonyl (C=O) groups excluding carboxylic acids is 1. The molecule has 3 nitrogen and oxygen atoms in total. The van der Waals surface area contributed by atoms with Crippen LogP contribution in [0.3, 0.4) is 0 Å². The van der Waals surface area contributed by atoms with Gasteiger partial charge >= 0.3 is 0 Å². The summed E-state index contributed by atoms with van der Waals surface area (Å²) in [7, 11) is 0. The van der Waals surface area contributed by atoms with Gasteiger partial charge in [0.05, 0.1) is 5.54 Å². The van der Waals surface area contributed by atoms with Gasteiger partial charge in [-0.05, 0) is 30.5 Å². The molecule has 1 aromatic rings. The van der Waals surface area contributed by atoms with Crippen molar-refractivity contribution in [2.75, 3.05) is 0 Å². The summed E-state index contributed by atoms with van der Waals surface area (Å²) in [6.07, 6.45) is 4.98. The van der Waals surface area contributed by atoms with Crippen molar-refractivity contribution in [1.29, 1.82) is 0 Å². The first-order valence-corrected chi connectivity index (χ1v) is 6.80. The van der Waals surface area contributed by atoms with E-state index in [0.29, 0.717) is 11.6 Å². The minimum Gasteiger partial charge on any atom is -0.368 e. The molecule has 98 valence electrons. The van der Waals surface area contributed by atoms with Crippen molar-refractivity contribution < 1.29 is 4.79 Å². The molecule has 0 unspecified atom stereocenters. The van der Waals surface area contributed by atoms with Gasteiger partial charge in [-0.3, -0.25) is 10.1 Å². The second-order valence-corrected chi connectivity index (χ2v) is 5.43. The standard InChI is InChI=1S/C14H19ClN2O/c15-12-6-4-5-11(9-12)10-17-14(13(16)18)7-2-1-3-8-14/h4-6,9,17H,1-3,7-8,10H2,(H2,16,18). The molecule has 3 N–H and O–H groups in total. The van der Waals surface area contributed by atoms with E-state index in [-0.39, 0.29) is 5.91 Å². The van der Waals surface area contributed by atoms with Crippen LogP contribution >= 0.6 is 11.6 Å². The molecule has 0 atom stereocenters. The topological polar surface area (TPSA) is 55.1 Å². The van der Waals surface area contributed by atoms with Gasteiger partial charge in [0, 0.05) is 11.6 Å². The summed E-state index contributed by atoms with van der Waals surface area (Å²) < 4.78 is 0. The van der Waals surface area contributed by atoms with E-state index in [9.17, 15) is 4.79 Å². The highest BCUT2D eigenvalue weighted by Gasteiger charge is 2.37. The zero-order valence-corrected chi connectivity index (χ0v) is 11.2. The highest BCUT2D eigenvalue weighted by Crippen LogP contribution is 2.28. The minimum atomic E-state index is -0.527. The number of hydrogen-bond acceptors (Lipinski definition) is 2. The number of benzene rings is 1. The SMILES string of the molecule is NC(=O)C1(NCc2cccc(Cl)c2)CCCCC1. The molecule has 4 heteroatoms. The predicted molar refractivity (Wildman–Crippen MR) is 73.3 cm³/mol. The second-order valence-electron chi connectivity index (χ2n) is 4.99. The Morgan fingerprint density at radius 2 is 2.06 bits per heavy atom. The Morgan fingerprint density at radius 3 is 2.67 bits per heavy atom. The Labute approximate surface area is 113 Å². The number of halogens is 1. The Balaban J connectivity index is 2.04. The molecule has 1 aliphatic carbocycles. The van der Waals surface area contributed by atoms with Crippen LogP contribution in [0.25, 0.3) is 0 Å². The van der Waals surface area contributed by atoms with E-state index in [0.717, 1.165) is 31.2 Å². The van der Waals surface area contributed by atoms with Crippen molar-refractivity contribution in [2.45, 2.75) is 44.2 Å². The van der Waals surface area contributed by atoms with Gasteiger partial charge in [0.2, 0.25) is 5.91 Å². The lowest BCUT2D eigenvalue weighted by Crippen LogP contribution is -2.56. The largest absolute Gasteiger partial charge is 0.368 e. The summed E-state index contributed by atoms with van der Waals surface area (Å²) in [5.41, 5.74) is 6.12. The Hall–Kier alpha value is -1.06. The third-order valence-corrected chi connectivity index (χ3v) is 3.93. The van der Waals surface area contributed by atoms with Crippen LogP contribution in [-0.2, 0) is 11.3 Å². The van der Waals surface area contributed by atoms with Crippen LogP contribution in [0.15, 0.2) is 24.3 Å². The van der Waals surface area contributed by atoms with Gasteiger partial charge in [0.15, 0.2) is 0 Å². The molecule has 0 aromatic heterocycles. The number of hydrogen-bond donors (Lipinski definition) is 2. The van der Waals surface area contributed by atoms with Crippen molar-refractivity contribution in [3.8, 4) is 0 Å².